The lowest BCUT2D eigenvalue weighted by Gasteiger charge is -2.60. The van der Waals surface area contributed by atoms with Crippen LogP contribution in [0.15, 0.2) is 29.6 Å². The molecule has 4 heteroatoms. The van der Waals surface area contributed by atoms with Crippen LogP contribution in [-0.4, -0.2) is 29.3 Å². The molecule has 0 N–H and O–H groups in total. The summed E-state index contributed by atoms with van der Waals surface area (Å²) in [6.45, 7) is 6.04. The molecular weight excluding hydrogens is 340 g/mol. The van der Waals surface area contributed by atoms with Gasteiger partial charge in [-0.05, 0) is 54.4 Å². The van der Waals surface area contributed by atoms with Gasteiger partial charge < -0.3 is 4.90 Å². The normalized spacial score (nSPS) is 41.9. The van der Waals surface area contributed by atoms with Gasteiger partial charge >= 0.3 is 0 Å². The molecule has 0 amide bonds. The highest BCUT2D eigenvalue weighted by atomic mass is 32.1. The second-order valence-corrected chi connectivity index (χ2v) is 10.2. The van der Waals surface area contributed by atoms with Crippen LogP contribution in [0, 0.1) is 28.6 Å². The highest BCUT2D eigenvalue weighted by Gasteiger charge is 2.58. The van der Waals surface area contributed by atoms with E-state index in [1.54, 1.807) is 16.9 Å². The van der Waals surface area contributed by atoms with Gasteiger partial charge in [0.15, 0.2) is 5.78 Å². The number of thiazole rings is 1. The highest BCUT2D eigenvalue weighted by Crippen LogP contribution is 2.65. The van der Waals surface area contributed by atoms with E-state index in [1.807, 2.05) is 11.6 Å². The smallest absolute Gasteiger partial charge is 0.157 e. The lowest BCUT2D eigenvalue weighted by atomic mass is 9.49. The van der Waals surface area contributed by atoms with Crippen LogP contribution in [0.4, 0.5) is 0 Å². The number of carbonyl (C=O) groups is 1. The van der Waals surface area contributed by atoms with Gasteiger partial charge in [-0.1, -0.05) is 19.9 Å². The quantitative estimate of drug-likeness (QED) is 0.715. The van der Waals surface area contributed by atoms with Crippen LogP contribution in [0.3, 0.4) is 0 Å². The van der Waals surface area contributed by atoms with E-state index >= 15 is 0 Å². The number of aromatic nitrogens is 1. The lowest BCUT2D eigenvalue weighted by molar-refractivity contribution is -0.118. The van der Waals surface area contributed by atoms with E-state index in [9.17, 15) is 4.79 Å². The minimum Gasteiger partial charge on any atom is -0.377 e. The van der Waals surface area contributed by atoms with Gasteiger partial charge in [0.05, 0.1) is 10.4 Å². The minimum absolute atomic E-state index is 0.181. The number of ketones is 1. The van der Waals surface area contributed by atoms with Gasteiger partial charge in [-0.15, -0.1) is 11.3 Å². The molecule has 138 valence electrons. The number of hydrogen-bond donors (Lipinski definition) is 0. The number of piperidine rings is 1. The molecule has 5 atom stereocenters. The summed E-state index contributed by atoms with van der Waals surface area (Å²) in [7, 11) is 2.21. The summed E-state index contributed by atoms with van der Waals surface area (Å²) in [6, 6.07) is 0. The summed E-state index contributed by atoms with van der Waals surface area (Å²) in [6.07, 6.45) is 12.0. The maximum atomic E-state index is 12.1. The van der Waals surface area contributed by atoms with Crippen molar-refractivity contribution in [1.82, 2.24) is 9.88 Å². The first kappa shape index (κ1) is 16.7. The molecule has 1 aliphatic heterocycles. The maximum Gasteiger partial charge on any atom is 0.157 e. The Kier molecular flexibility index (Phi) is 3.57. The summed E-state index contributed by atoms with van der Waals surface area (Å²) in [5.74, 6) is 2.47. The summed E-state index contributed by atoms with van der Waals surface area (Å²) in [5, 5.41) is 0. The molecular formula is C22H28N2OS. The number of nitrogens with zero attached hydrogens (tertiary/aromatic N) is 2. The number of hydrogen-bond acceptors (Lipinski definition) is 4. The zero-order valence-electron chi connectivity index (χ0n) is 16.0. The van der Waals surface area contributed by atoms with Crippen molar-refractivity contribution < 1.29 is 4.79 Å². The minimum atomic E-state index is 0.181. The predicted octanol–water partition coefficient (Wildman–Crippen LogP) is 4.78. The second-order valence-electron chi connectivity index (χ2n) is 9.35. The van der Waals surface area contributed by atoms with E-state index < -0.39 is 0 Å². The molecule has 2 fully saturated rings. The molecule has 0 spiro atoms. The Morgan fingerprint density at radius 2 is 2.08 bits per heavy atom. The molecule has 3 aliphatic carbocycles. The van der Waals surface area contributed by atoms with Crippen LogP contribution in [0.2, 0.25) is 0 Å². The maximum absolute atomic E-state index is 12.1. The fraction of sp³-hybridized carbons (Fsp3) is 0.636. The Bertz CT molecular complexity index is 810. The Hall–Kier alpha value is -1.42. The first-order chi connectivity index (χ1) is 12.4. The Morgan fingerprint density at radius 1 is 1.23 bits per heavy atom. The molecule has 4 aliphatic rings. The zero-order chi connectivity index (χ0) is 18.1. The molecule has 5 rings (SSSR count). The third-order valence-corrected chi connectivity index (χ3v) is 9.01. The molecule has 0 aromatic carbocycles. The molecule has 1 aromatic rings. The van der Waals surface area contributed by atoms with Crippen LogP contribution in [0.5, 0.6) is 0 Å². The van der Waals surface area contributed by atoms with Gasteiger partial charge in [0.2, 0.25) is 0 Å². The SMILES string of the molecule is CN1C[C@@H]2[C@H](CC[C@]3(C)C(c4cncs4)=CC[C@@H]23)[C@@]2(C)CCC(=O)C=C12. The largest absolute Gasteiger partial charge is 0.377 e. The van der Waals surface area contributed by atoms with Gasteiger partial charge in [0.1, 0.15) is 0 Å². The zero-order valence-corrected chi connectivity index (χ0v) is 16.8. The van der Waals surface area contributed by atoms with Crippen molar-refractivity contribution in [3.8, 4) is 0 Å². The average Bonchev–Trinajstić information content (AvgIpc) is 3.23. The summed E-state index contributed by atoms with van der Waals surface area (Å²) in [5.41, 5.74) is 5.30. The molecule has 1 saturated heterocycles. The van der Waals surface area contributed by atoms with Gasteiger partial charge in [0.25, 0.3) is 0 Å². The average molecular weight is 369 g/mol. The van der Waals surface area contributed by atoms with E-state index in [1.165, 1.54) is 29.8 Å². The summed E-state index contributed by atoms with van der Waals surface area (Å²) in [4.78, 5) is 20.2. The third kappa shape index (κ3) is 2.11. The number of fused-ring (bicyclic) bond motifs is 5. The number of allylic oxidation sites excluding steroid dienone is 4. The topological polar surface area (TPSA) is 33.2 Å². The second kappa shape index (κ2) is 5.54. The number of carbonyl (C=O) groups excluding carboxylic acids is 1. The van der Waals surface area contributed by atoms with E-state index in [0.29, 0.717) is 11.7 Å². The third-order valence-electron chi connectivity index (χ3n) is 8.20. The molecule has 0 bridgehead atoms. The van der Waals surface area contributed by atoms with E-state index in [2.05, 4.69) is 43.1 Å². The molecule has 1 saturated carbocycles. The Balaban J connectivity index is 1.51. The first-order valence-electron chi connectivity index (χ1n) is 9.99. The number of rotatable bonds is 1. The van der Waals surface area contributed by atoms with Crippen molar-refractivity contribution in [3.63, 3.8) is 0 Å². The molecule has 1 aromatic heterocycles. The van der Waals surface area contributed by atoms with Crippen molar-refractivity contribution in [1.29, 1.82) is 0 Å². The van der Waals surface area contributed by atoms with Gasteiger partial charge in [-0.2, -0.15) is 0 Å². The van der Waals surface area contributed by atoms with Gasteiger partial charge in [-0.25, -0.2) is 0 Å². The molecule has 2 heterocycles. The first-order valence-corrected chi connectivity index (χ1v) is 10.9. The Labute approximate surface area is 160 Å². The predicted molar refractivity (Wildman–Crippen MR) is 106 cm³/mol. The molecule has 3 nitrogen and oxygen atoms in total. The van der Waals surface area contributed by atoms with E-state index in [-0.39, 0.29) is 10.8 Å². The van der Waals surface area contributed by atoms with Crippen LogP contribution >= 0.6 is 11.3 Å². The van der Waals surface area contributed by atoms with Crippen molar-refractivity contribution >= 4 is 22.7 Å². The highest BCUT2D eigenvalue weighted by molar-refractivity contribution is 7.10. The van der Waals surface area contributed by atoms with Crippen molar-refractivity contribution in [2.24, 2.45) is 28.6 Å². The standard InChI is InChI=1S/C22H28N2OS/c1-21-9-7-17-15(16(21)4-5-18(21)19-11-23-13-26-19)12-24(3)20-10-14(25)6-8-22(17,20)2/h5,10-11,13,15-17H,4,6-9,12H2,1-3H3/t15-,16-,17-,21-,22+/m0/s1. The summed E-state index contributed by atoms with van der Waals surface area (Å²) < 4.78 is 0. The van der Waals surface area contributed by atoms with Crippen molar-refractivity contribution in [2.45, 2.75) is 46.0 Å². The van der Waals surface area contributed by atoms with Crippen LogP contribution in [-0.2, 0) is 4.79 Å². The molecule has 0 unspecified atom stereocenters. The van der Waals surface area contributed by atoms with E-state index in [4.69, 9.17) is 0 Å². The van der Waals surface area contributed by atoms with Crippen LogP contribution in [0.25, 0.3) is 5.57 Å². The van der Waals surface area contributed by atoms with Gasteiger partial charge in [-0.3, -0.25) is 9.78 Å². The van der Waals surface area contributed by atoms with Crippen molar-refractivity contribution in [3.05, 3.63) is 34.4 Å². The van der Waals surface area contributed by atoms with Crippen molar-refractivity contribution in [2.75, 3.05) is 13.6 Å². The van der Waals surface area contributed by atoms with E-state index in [0.717, 1.165) is 31.2 Å². The molecule has 0 radical (unpaired) electrons. The van der Waals surface area contributed by atoms with Crippen LogP contribution < -0.4 is 0 Å². The monoisotopic (exact) mass is 368 g/mol. The fourth-order valence-electron chi connectivity index (χ4n) is 6.87. The summed E-state index contributed by atoms with van der Waals surface area (Å²) >= 11 is 1.79. The van der Waals surface area contributed by atoms with Crippen LogP contribution in [0.1, 0.15) is 50.8 Å². The number of likely N-dealkylation sites (tertiary alicyclic amines) is 1. The van der Waals surface area contributed by atoms with Gasteiger partial charge in [0, 0.05) is 43.4 Å². The lowest BCUT2D eigenvalue weighted by Crippen LogP contribution is -2.56. The fourth-order valence-corrected chi connectivity index (χ4v) is 7.67. The Morgan fingerprint density at radius 3 is 2.85 bits per heavy atom. The molecule has 26 heavy (non-hydrogen) atoms.